The molecule has 11 atom stereocenters. The molecule has 46 heavy (non-hydrogen) atoms. The Morgan fingerprint density at radius 3 is 2.26 bits per heavy atom. The standard InChI is InChI=1S/C39H54O7/c1-23-16-19-39(33(43)44)21-20-36(5)26(31(39)38(23,7)45)13-14-29-35(4)22-27(41)32(34(2,3)28(35)17-18-37(29,36)6)46-30(42)15-10-24-8-11-25(40)12-9-24/h8-13,15,23,27-29,31-32,40-41,45H,14,16-22H2,1-7H3,(H,43,44)/b15-10+/t23-,27-,28?,29-,31-,32+,35+,36-,37-,38-,39+/m1/s1. The van der Waals surface area contributed by atoms with Crippen molar-refractivity contribution in [1.29, 1.82) is 0 Å². The summed E-state index contributed by atoms with van der Waals surface area (Å²) in [5, 5.41) is 44.0. The minimum atomic E-state index is -1.11. The van der Waals surface area contributed by atoms with Crippen molar-refractivity contribution in [2.45, 2.75) is 118 Å². The molecule has 7 nitrogen and oxygen atoms in total. The molecule has 0 radical (unpaired) electrons. The van der Waals surface area contributed by atoms with Crippen molar-refractivity contribution in [3.8, 4) is 5.75 Å². The molecule has 1 unspecified atom stereocenters. The average molecular weight is 635 g/mol. The first-order valence-corrected chi connectivity index (χ1v) is 17.4. The SMILES string of the molecule is C[C@@H]1CC[C@]2(C(=O)O)CC[C@]3(C)C(=CC[C@@H]4[C@@]5(C)C[C@@H](O)[C@H](OC(=O)/C=C/c6ccc(O)cc6)C(C)(C)C5CC[C@]43C)[C@@H]2[C@]1(C)O. The maximum Gasteiger partial charge on any atom is 0.331 e. The van der Waals surface area contributed by atoms with Crippen LogP contribution in [0, 0.1) is 50.7 Å². The molecule has 0 heterocycles. The van der Waals surface area contributed by atoms with Crippen LogP contribution in [0.4, 0.5) is 0 Å². The third-order valence-corrected chi connectivity index (χ3v) is 14.9. The van der Waals surface area contributed by atoms with Gasteiger partial charge in [-0.2, -0.15) is 0 Å². The normalized spacial score (nSPS) is 46.2. The second-order valence-electron chi connectivity index (χ2n) is 17.2. The van der Waals surface area contributed by atoms with Gasteiger partial charge >= 0.3 is 11.9 Å². The molecule has 252 valence electrons. The molecule has 0 aromatic heterocycles. The number of aliphatic carboxylic acids is 1. The van der Waals surface area contributed by atoms with E-state index in [1.165, 1.54) is 6.08 Å². The van der Waals surface area contributed by atoms with Crippen LogP contribution in [0.2, 0.25) is 0 Å². The summed E-state index contributed by atoms with van der Waals surface area (Å²) in [4.78, 5) is 26.0. The molecule has 0 saturated heterocycles. The number of carbonyl (C=O) groups excluding carboxylic acids is 1. The van der Waals surface area contributed by atoms with E-state index < -0.39 is 46.5 Å². The van der Waals surface area contributed by atoms with E-state index in [-0.39, 0.29) is 39.7 Å². The highest BCUT2D eigenvalue weighted by molar-refractivity contribution is 5.87. The van der Waals surface area contributed by atoms with Crippen LogP contribution < -0.4 is 0 Å². The van der Waals surface area contributed by atoms with Crippen molar-refractivity contribution in [1.82, 2.24) is 0 Å². The second kappa shape index (κ2) is 10.7. The van der Waals surface area contributed by atoms with Crippen LogP contribution in [0.25, 0.3) is 6.08 Å². The van der Waals surface area contributed by atoms with Crippen molar-refractivity contribution in [2.75, 3.05) is 0 Å². The number of ether oxygens (including phenoxy) is 1. The molecule has 5 aliphatic rings. The van der Waals surface area contributed by atoms with Gasteiger partial charge in [0.2, 0.25) is 0 Å². The number of carbonyl (C=O) groups is 2. The monoisotopic (exact) mass is 634 g/mol. The number of aliphatic hydroxyl groups excluding tert-OH is 1. The zero-order chi connectivity index (χ0) is 33.7. The van der Waals surface area contributed by atoms with Crippen LogP contribution in [0.3, 0.4) is 0 Å². The fourth-order valence-electron chi connectivity index (χ4n) is 12.1. The molecular weight excluding hydrogens is 580 g/mol. The van der Waals surface area contributed by atoms with Gasteiger partial charge in [0.15, 0.2) is 0 Å². The number of carboxylic acid groups (broad SMARTS) is 1. The van der Waals surface area contributed by atoms with E-state index in [0.717, 1.165) is 36.8 Å². The van der Waals surface area contributed by atoms with Crippen molar-refractivity contribution >= 4 is 18.0 Å². The van der Waals surface area contributed by atoms with Crippen LogP contribution >= 0.6 is 0 Å². The quantitative estimate of drug-likeness (QED) is 0.158. The second-order valence-corrected chi connectivity index (χ2v) is 17.2. The molecule has 4 saturated carbocycles. The lowest BCUT2D eigenvalue weighted by molar-refractivity contribution is -0.242. The average Bonchev–Trinajstić information content (AvgIpc) is 2.97. The maximum atomic E-state index is 13.0. The lowest BCUT2D eigenvalue weighted by atomic mass is 9.33. The van der Waals surface area contributed by atoms with Gasteiger partial charge in [-0.3, -0.25) is 4.79 Å². The molecule has 0 aliphatic heterocycles. The minimum absolute atomic E-state index is 0.0110. The summed E-state index contributed by atoms with van der Waals surface area (Å²) in [6.07, 6.45) is 9.72. The lowest BCUT2D eigenvalue weighted by Crippen LogP contribution is -2.69. The topological polar surface area (TPSA) is 124 Å². The van der Waals surface area contributed by atoms with Gasteiger partial charge in [0.25, 0.3) is 0 Å². The number of rotatable bonds is 4. The summed E-state index contributed by atoms with van der Waals surface area (Å²) in [5.74, 6) is -1.07. The van der Waals surface area contributed by atoms with Crippen molar-refractivity contribution in [3.63, 3.8) is 0 Å². The number of phenols is 1. The van der Waals surface area contributed by atoms with Crippen LogP contribution in [0.5, 0.6) is 5.75 Å². The Bertz CT molecular complexity index is 1460. The number of allylic oxidation sites excluding steroid dienone is 1. The number of fused-ring (bicyclic) bond motifs is 7. The molecule has 6 rings (SSSR count). The van der Waals surface area contributed by atoms with Gasteiger partial charge in [-0.25, -0.2) is 4.79 Å². The molecule has 4 fully saturated rings. The summed E-state index contributed by atoms with van der Waals surface area (Å²) in [7, 11) is 0. The number of aliphatic hydroxyl groups is 2. The number of carboxylic acids is 1. The summed E-state index contributed by atoms with van der Waals surface area (Å²) in [6.45, 7) is 15.3. The minimum Gasteiger partial charge on any atom is -0.508 e. The Kier molecular flexibility index (Phi) is 7.73. The predicted molar refractivity (Wildman–Crippen MR) is 176 cm³/mol. The first-order valence-electron chi connectivity index (χ1n) is 17.4. The Morgan fingerprint density at radius 1 is 0.935 bits per heavy atom. The maximum absolute atomic E-state index is 13.0. The highest BCUT2D eigenvalue weighted by Gasteiger charge is 2.72. The Labute approximate surface area is 274 Å². The third kappa shape index (κ3) is 4.50. The smallest absolute Gasteiger partial charge is 0.331 e. The van der Waals surface area contributed by atoms with Gasteiger partial charge in [-0.15, -0.1) is 0 Å². The molecule has 7 heteroatoms. The zero-order valence-corrected chi connectivity index (χ0v) is 28.7. The third-order valence-electron chi connectivity index (χ3n) is 14.9. The summed E-state index contributed by atoms with van der Waals surface area (Å²) < 4.78 is 6.03. The van der Waals surface area contributed by atoms with Crippen LogP contribution in [0.1, 0.15) is 105 Å². The first-order chi connectivity index (χ1) is 21.3. The number of hydrogen-bond acceptors (Lipinski definition) is 6. The van der Waals surface area contributed by atoms with E-state index in [2.05, 4.69) is 47.6 Å². The number of phenolic OH excluding ortho intramolecular Hbond substituents is 1. The number of hydrogen-bond donors (Lipinski definition) is 4. The molecular formula is C39H54O7. The molecule has 1 aromatic carbocycles. The Hall–Kier alpha value is -2.64. The van der Waals surface area contributed by atoms with E-state index in [4.69, 9.17) is 4.74 Å². The molecule has 0 bridgehead atoms. The fraction of sp³-hybridized carbons (Fsp3) is 0.692. The molecule has 1 aromatic rings. The number of benzene rings is 1. The van der Waals surface area contributed by atoms with Crippen LogP contribution in [-0.2, 0) is 14.3 Å². The van der Waals surface area contributed by atoms with E-state index >= 15 is 0 Å². The number of esters is 1. The van der Waals surface area contributed by atoms with E-state index in [0.29, 0.717) is 25.7 Å². The zero-order valence-electron chi connectivity index (χ0n) is 28.7. The van der Waals surface area contributed by atoms with Crippen LogP contribution in [0.15, 0.2) is 42.0 Å². The van der Waals surface area contributed by atoms with Gasteiger partial charge in [0, 0.05) is 17.4 Å². The highest BCUT2D eigenvalue weighted by Crippen LogP contribution is 2.76. The Morgan fingerprint density at radius 2 is 1.61 bits per heavy atom. The van der Waals surface area contributed by atoms with Gasteiger partial charge in [-0.1, -0.05) is 65.3 Å². The van der Waals surface area contributed by atoms with E-state index in [9.17, 15) is 30.0 Å². The summed E-state index contributed by atoms with van der Waals surface area (Å²) in [5.41, 5.74) is -1.25. The van der Waals surface area contributed by atoms with Crippen molar-refractivity contribution in [3.05, 3.63) is 47.6 Å². The predicted octanol–water partition coefficient (Wildman–Crippen LogP) is 7.15. The van der Waals surface area contributed by atoms with Crippen molar-refractivity contribution in [2.24, 2.45) is 50.7 Å². The largest absolute Gasteiger partial charge is 0.508 e. The van der Waals surface area contributed by atoms with Gasteiger partial charge in [-0.05, 0) is 116 Å². The van der Waals surface area contributed by atoms with Gasteiger partial charge in [0.05, 0.1) is 17.1 Å². The van der Waals surface area contributed by atoms with Gasteiger partial charge in [0.1, 0.15) is 11.9 Å². The Balaban J connectivity index is 1.31. The lowest BCUT2D eigenvalue weighted by Gasteiger charge is -2.72. The van der Waals surface area contributed by atoms with E-state index in [1.54, 1.807) is 30.3 Å². The molecule has 0 amide bonds. The summed E-state index contributed by atoms with van der Waals surface area (Å²) in [6, 6.07) is 6.57. The highest BCUT2D eigenvalue weighted by atomic mass is 16.6. The molecule has 4 N–H and O–H groups in total. The summed E-state index contributed by atoms with van der Waals surface area (Å²) >= 11 is 0. The molecule has 0 spiro atoms. The van der Waals surface area contributed by atoms with Crippen molar-refractivity contribution < 1.29 is 34.8 Å². The first kappa shape index (κ1) is 33.3. The fourth-order valence-corrected chi connectivity index (χ4v) is 12.1. The van der Waals surface area contributed by atoms with Gasteiger partial charge < -0.3 is 25.2 Å². The molecule has 5 aliphatic carbocycles. The number of aromatic hydroxyl groups is 1. The van der Waals surface area contributed by atoms with Crippen LogP contribution in [-0.4, -0.2) is 50.2 Å². The van der Waals surface area contributed by atoms with E-state index in [1.807, 2.05) is 6.92 Å².